The quantitative estimate of drug-likeness (QED) is 0.758. The van der Waals surface area contributed by atoms with Gasteiger partial charge in [-0.3, -0.25) is 9.59 Å². The second-order valence-corrected chi connectivity index (χ2v) is 7.56. The summed E-state index contributed by atoms with van der Waals surface area (Å²) in [6, 6.07) is 13.2. The molecule has 2 aliphatic heterocycles. The third-order valence-corrected chi connectivity index (χ3v) is 5.48. The number of rotatable bonds is 5. The van der Waals surface area contributed by atoms with E-state index in [2.05, 4.69) is 0 Å². The Labute approximate surface area is 175 Å². The largest absolute Gasteiger partial charge is 0.489 e. The maximum absolute atomic E-state index is 13.0. The van der Waals surface area contributed by atoms with Gasteiger partial charge in [0.25, 0.3) is 11.8 Å². The molecule has 30 heavy (non-hydrogen) atoms. The fraction of sp³-hybridized carbons (Fsp3) is 0.391. The molecule has 7 heteroatoms. The lowest BCUT2D eigenvalue weighted by atomic mass is 10.1. The smallest absolute Gasteiger partial charge is 0.254 e. The number of hydrogen-bond donors (Lipinski definition) is 0. The summed E-state index contributed by atoms with van der Waals surface area (Å²) in [7, 11) is 0. The Kier molecular flexibility index (Phi) is 6.28. The molecule has 1 unspecified atom stereocenters. The van der Waals surface area contributed by atoms with Crippen LogP contribution in [0.4, 0.5) is 4.39 Å². The number of piperazine rings is 1. The molecule has 0 saturated carbocycles. The van der Waals surface area contributed by atoms with Gasteiger partial charge >= 0.3 is 0 Å². The maximum atomic E-state index is 13.0. The van der Waals surface area contributed by atoms with Crippen LogP contribution in [0.3, 0.4) is 0 Å². The number of amides is 2. The Morgan fingerprint density at radius 3 is 2.47 bits per heavy atom. The summed E-state index contributed by atoms with van der Waals surface area (Å²) in [5.41, 5.74) is 1.39. The van der Waals surface area contributed by atoms with Crippen LogP contribution in [0.25, 0.3) is 0 Å². The van der Waals surface area contributed by atoms with Gasteiger partial charge in [-0.2, -0.15) is 0 Å². The second kappa shape index (κ2) is 9.26. The van der Waals surface area contributed by atoms with E-state index in [0.29, 0.717) is 50.7 Å². The molecule has 2 saturated heterocycles. The highest BCUT2D eigenvalue weighted by Crippen LogP contribution is 2.19. The predicted octanol–water partition coefficient (Wildman–Crippen LogP) is 2.87. The van der Waals surface area contributed by atoms with Gasteiger partial charge in [0.2, 0.25) is 0 Å². The molecule has 6 nitrogen and oxygen atoms in total. The van der Waals surface area contributed by atoms with Crippen molar-refractivity contribution in [1.29, 1.82) is 0 Å². The Morgan fingerprint density at radius 1 is 1.03 bits per heavy atom. The number of carbonyl (C=O) groups excluding carboxylic acids is 2. The normalized spacial score (nSPS) is 19.0. The average Bonchev–Trinajstić information content (AvgIpc) is 3.33. The van der Waals surface area contributed by atoms with Crippen molar-refractivity contribution in [3.63, 3.8) is 0 Å². The summed E-state index contributed by atoms with van der Waals surface area (Å²) in [4.78, 5) is 28.9. The number of benzene rings is 2. The Morgan fingerprint density at radius 2 is 1.77 bits per heavy atom. The molecular formula is C23H25FN2O4. The molecule has 2 amide bonds. The van der Waals surface area contributed by atoms with E-state index in [4.69, 9.17) is 9.47 Å². The zero-order valence-corrected chi connectivity index (χ0v) is 16.8. The minimum absolute atomic E-state index is 0.0378. The van der Waals surface area contributed by atoms with E-state index >= 15 is 0 Å². The van der Waals surface area contributed by atoms with Crippen LogP contribution in [-0.4, -0.2) is 60.5 Å². The van der Waals surface area contributed by atoms with Crippen molar-refractivity contribution < 1.29 is 23.5 Å². The SMILES string of the molecule is O=C(c1cccc(OCc2ccc(F)cc2)c1)N1CCN(C(=O)C2CCCO2)CC1. The molecule has 1 atom stereocenters. The molecule has 2 aromatic rings. The van der Waals surface area contributed by atoms with Crippen LogP contribution in [0, 0.1) is 5.82 Å². The lowest BCUT2D eigenvalue weighted by molar-refractivity contribution is -0.142. The van der Waals surface area contributed by atoms with Crippen LogP contribution < -0.4 is 4.74 Å². The molecule has 2 heterocycles. The molecule has 0 bridgehead atoms. The van der Waals surface area contributed by atoms with Crippen molar-refractivity contribution in [2.24, 2.45) is 0 Å². The molecule has 0 N–H and O–H groups in total. The van der Waals surface area contributed by atoms with Crippen molar-refractivity contribution in [3.8, 4) is 5.75 Å². The van der Waals surface area contributed by atoms with E-state index in [1.54, 1.807) is 46.2 Å². The highest BCUT2D eigenvalue weighted by molar-refractivity contribution is 5.94. The van der Waals surface area contributed by atoms with E-state index < -0.39 is 0 Å². The van der Waals surface area contributed by atoms with Crippen LogP contribution in [0.2, 0.25) is 0 Å². The number of ether oxygens (including phenoxy) is 2. The van der Waals surface area contributed by atoms with Crippen LogP contribution >= 0.6 is 0 Å². The molecule has 2 aliphatic rings. The van der Waals surface area contributed by atoms with Gasteiger partial charge in [0, 0.05) is 38.3 Å². The van der Waals surface area contributed by atoms with Gasteiger partial charge in [-0.15, -0.1) is 0 Å². The first-order valence-electron chi connectivity index (χ1n) is 10.3. The molecular weight excluding hydrogens is 387 g/mol. The Hall–Kier alpha value is -2.93. The number of nitrogens with zero attached hydrogens (tertiary/aromatic N) is 2. The molecule has 158 valence electrons. The molecule has 0 spiro atoms. The maximum Gasteiger partial charge on any atom is 0.254 e. The monoisotopic (exact) mass is 412 g/mol. The van der Waals surface area contributed by atoms with Gasteiger partial charge < -0.3 is 19.3 Å². The predicted molar refractivity (Wildman–Crippen MR) is 109 cm³/mol. The van der Waals surface area contributed by atoms with Crippen LogP contribution in [0.15, 0.2) is 48.5 Å². The van der Waals surface area contributed by atoms with E-state index in [1.807, 2.05) is 0 Å². The second-order valence-electron chi connectivity index (χ2n) is 7.56. The number of hydrogen-bond acceptors (Lipinski definition) is 4. The average molecular weight is 412 g/mol. The van der Waals surface area contributed by atoms with Crippen molar-refractivity contribution in [1.82, 2.24) is 9.80 Å². The van der Waals surface area contributed by atoms with Crippen LogP contribution in [0.1, 0.15) is 28.8 Å². The van der Waals surface area contributed by atoms with Gasteiger partial charge in [-0.25, -0.2) is 4.39 Å². The molecule has 0 aromatic heterocycles. The Balaban J connectivity index is 1.32. The summed E-state index contributed by atoms with van der Waals surface area (Å²) in [5, 5.41) is 0. The van der Waals surface area contributed by atoms with Gasteiger partial charge in [-0.05, 0) is 48.7 Å². The van der Waals surface area contributed by atoms with E-state index in [9.17, 15) is 14.0 Å². The minimum Gasteiger partial charge on any atom is -0.489 e. The minimum atomic E-state index is -0.317. The van der Waals surface area contributed by atoms with Crippen molar-refractivity contribution in [3.05, 3.63) is 65.5 Å². The first-order chi connectivity index (χ1) is 14.6. The molecule has 4 rings (SSSR count). The van der Waals surface area contributed by atoms with E-state index in [1.165, 1.54) is 12.1 Å². The van der Waals surface area contributed by atoms with Crippen LogP contribution in [-0.2, 0) is 16.1 Å². The Bertz CT molecular complexity index is 888. The third-order valence-electron chi connectivity index (χ3n) is 5.48. The molecule has 2 fully saturated rings. The van der Waals surface area contributed by atoms with E-state index in [0.717, 1.165) is 18.4 Å². The molecule has 0 aliphatic carbocycles. The molecule has 2 aromatic carbocycles. The fourth-order valence-corrected chi connectivity index (χ4v) is 3.75. The van der Waals surface area contributed by atoms with Crippen LogP contribution in [0.5, 0.6) is 5.75 Å². The number of carbonyl (C=O) groups is 2. The summed E-state index contributed by atoms with van der Waals surface area (Å²) in [5.74, 6) is 0.253. The van der Waals surface area contributed by atoms with Gasteiger partial charge in [-0.1, -0.05) is 18.2 Å². The first kappa shape index (κ1) is 20.3. The van der Waals surface area contributed by atoms with Crippen molar-refractivity contribution >= 4 is 11.8 Å². The van der Waals surface area contributed by atoms with Gasteiger partial charge in [0.05, 0.1) is 0 Å². The topological polar surface area (TPSA) is 59.1 Å². The van der Waals surface area contributed by atoms with Gasteiger partial charge in [0.15, 0.2) is 0 Å². The molecule has 0 radical (unpaired) electrons. The highest BCUT2D eigenvalue weighted by atomic mass is 19.1. The van der Waals surface area contributed by atoms with E-state index in [-0.39, 0.29) is 23.7 Å². The van der Waals surface area contributed by atoms with Gasteiger partial charge in [0.1, 0.15) is 24.3 Å². The third kappa shape index (κ3) is 4.79. The highest BCUT2D eigenvalue weighted by Gasteiger charge is 2.31. The standard InChI is InChI=1S/C23H25FN2O4/c24-19-8-6-17(7-9-19)16-30-20-4-1-3-18(15-20)22(27)25-10-12-26(13-11-25)23(28)21-5-2-14-29-21/h1,3-4,6-9,15,21H,2,5,10-14,16H2. The fourth-order valence-electron chi connectivity index (χ4n) is 3.75. The lowest BCUT2D eigenvalue weighted by Crippen LogP contribution is -2.52. The van der Waals surface area contributed by atoms with Crippen molar-refractivity contribution in [2.45, 2.75) is 25.6 Å². The lowest BCUT2D eigenvalue weighted by Gasteiger charge is -2.35. The zero-order chi connectivity index (χ0) is 20.9. The first-order valence-corrected chi connectivity index (χ1v) is 10.3. The number of halogens is 1. The van der Waals surface area contributed by atoms with Crippen molar-refractivity contribution in [2.75, 3.05) is 32.8 Å². The zero-order valence-electron chi connectivity index (χ0n) is 16.8. The summed E-state index contributed by atoms with van der Waals surface area (Å²) < 4.78 is 24.2. The summed E-state index contributed by atoms with van der Waals surface area (Å²) >= 11 is 0. The summed E-state index contributed by atoms with van der Waals surface area (Å²) in [6.07, 6.45) is 1.39. The summed E-state index contributed by atoms with van der Waals surface area (Å²) in [6.45, 7) is 2.97.